The second-order valence-electron chi connectivity index (χ2n) is 7.36. The van der Waals surface area contributed by atoms with Crippen molar-refractivity contribution in [1.82, 2.24) is 15.1 Å². The van der Waals surface area contributed by atoms with Gasteiger partial charge in [0, 0.05) is 7.05 Å². The normalized spacial score (nSPS) is 18.9. The van der Waals surface area contributed by atoms with Crippen LogP contribution in [-0.2, 0) is 19.1 Å². The summed E-state index contributed by atoms with van der Waals surface area (Å²) in [7, 11) is 1.63. The van der Waals surface area contributed by atoms with Crippen LogP contribution in [0.5, 0.6) is 0 Å². The van der Waals surface area contributed by atoms with Crippen LogP contribution in [0.4, 0.5) is 4.79 Å². The predicted octanol–water partition coefficient (Wildman–Crippen LogP) is 1.61. The SMILES string of the molecule is C[C@@H](c1ccccc1)N(C)C(=O)COC(=O)CN1C(=O)NC2(CCCC2)C1=O. The third-order valence-corrected chi connectivity index (χ3v) is 5.60. The predicted molar refractivity (Wildman–Crippen MR) is 100 cm³/mol. The molecular formula is C20H25N3O5. The van der Waals surface area contributed by atoms with Gasteiger partial charge in [0.2, 0.25) is 0 Å². The number of hydrogen-bond donors (Lipinski definition) is 1. The molecule has 8 nitrogen and oxygen atoms in total. The Kier molecular flexibility index (Phi) is 5.67. The lowest BCUT2D eigenvalue weighted by Gasteiger charge is -2.25. The van der Waals surface area contributed by atoms with Gasteiger partial charge in [-0.2, -0.15) is 0 Å². The van der Waals surface area contributed by atoms with E-state index in [0.717, 1.165) is 23.3 Å². The summed E-state index contributed by atoms with van der Waals surface area (Å²) < 4.78 is 5.02. The minimum Gasteiger partial charge on any atom is -0.454 e. The van der Waals surface area contributed by atoms with Crippen molar-refractivity contribution >= 4 is 23.8 Å². The van der Waals surface area contributed by atoms with Crippen molar-refractivity contribution in [2.24, 2.45) is 0 Å². The van der Waals surface area contributed by atoms with Crippen LogP contribution >= 0.6 is 0 Å². The summed E-state index contributed by atoms with van der Waals surface area (Å²) >= 11 is 0. The Morgan fingerprint density at radius 3 is 2.50 bits per heavy atom. The van der Waals surface area contributed by atoms with E-state index in [0.29, 0.717) is 12.8 Å². The highest BCUT2D eigenvalue weighted by Gasteiger charge is 2.52. The standard InChI is InChI=1S/C20H25N3O5/c1-14(15-8-4-3-5-9-15)22(2)16(24)13-28-17(25)12-23-18(26)20(21-19(23)27)10-6-7-11-20/h3-5,8-9,14H,6-7,10-13H2,1-2H3,(H,21,27)/t14-/m0/s1. The molecule has 1 atom stereocenters. The molecule has 1 aromatic carbocycles. The molecule has 28 heavy (non-hydrogen) atoms. The molecule has 8 heteroatoms. The van der Waals surface area contributed by atoms with E-state index in [4.69, 9.17) is 4.74 Å². The molecule has 1 saturated carbocycles. The first-order valence-corrected chi connectivity index (χ1v) is 9.44. The number of likely N-dealkylation sites (N-methyl/N-ethyl adjacent to an activating group) is 1. The summed E-state index contributed by atoms with van der Waals surface area (Å²) in [6.07, 6.45) is 2.91. The number of carbonyl (C=O) groups excluding carboxylic acids is 4. The summed E-state index contributed by atoms with van der Waals surface area (Å²) in [5.41, 5.74) is 0.101. The fraction of sp³-hybridized carbons (Fsp3) is 0.500. The van der Waals surface area contributed by atoms with E-state index in [2.05, 4.69) is 5.32 Å². The molecular weight excluding hydrogens is 362 g/mol. The summed E-state index contributed by atoms with van der Waals surface area (Å²) in [6.45, 7) is 0.947. The quantitative estimate of drug-likeness (QED) is 0.591. The minimum atomic E-state index is -0.863. The zero-order valence-corrected chi connectivity index (χ0v) is 16.1. The van der Waals surface area contributed by atoms with Crippen molar-refractivity contribution in [3.63, 3.8) is 0 Å². The van der Waals surface area contributed by atoms with E-state index < -0.39 is 30.7 Å². The summed E-state index contributed by atoms with van der Waals surface area (Å²) in [5.74, 6) is -1.53. The average molecular weight is 387 g/mol. The number of nitrogens with one attached hydrogen (secondary N) is 1. The van der Waals surface area contributed by atoms with Gasteiger partial charge in [-0.05, 0) is 25.3 Å². The van der Waals surface area contributed by atoms with E-state index in [1.165, 1.54) is 4.90 Å². The van der Waals surface area contributed by atoms with Crippen LogP contribution in [0.15, 0.2) is 30.3 Å². The molecule has 1 heterocycles. The van der Waals surface area contributed by atoms with Gasteiger partial charge in [0.15, 0.2) is 6.61 Å². The van der Waals surface area contributed by atoms with Crippen molar-refractivity contribution in [3.8, 4) is 0 Å². The first-order chi connectivity index (χ1) is 13.3. The lowest BCUT2D eigenvalue weighted by Crippen LogP contribution is -2.44. The average Bonchev–Trinajstić information content (AvgIpc) is 3.26. The Balaban J connectivity index is 1.51. The van der Waals surface area contributed by atoms with Gasteiger partial charge in [-0.15, -0.1) is 0 Å². The molecule has 0 unspecified atom stereocenters. The second-order valence-corrected chi connectivity index (χ2v) is 7.36. The molecule has 1 N–H and O–H groups in total. The van der Waals surface area contributed by atoms with E-state index in [1.54, 1.807) is 7.05 Å². The van der Waals surface area contributed by atoms with Gasteiger partial charge in [-0.25, -0.2) is 4.79 Å². The molecule has 1 aliphatic carbocycles. The van der Waals surface area contributed by atoms with Crippen molar-refractivity contribution in [2.45, 2.75) is 44.2 Å². The summed E-state index contributed by atoms with van der Waals surface area (Å²) in [5, 5.41) is 2.71. The van der Waals surface area contributed by atoms with Gasteiger partial charge in [-0.3, -0.25) is 19.3 Å². The third-order valence-electron chi connectivity index (χ3n) is 5.60. The fourth-order valence-electron chi connectivity index (χ4n) is 3.73. The molecule has 0 aromatic heterocycles. The lowest BCUT2D eigenvalue weighted by molar-refractivity contribution is -0.154. The molecule has 1 aromatic rings. The molecule has 2 fully saturated rings. The number of urea groups is 1. The summed E-state index contributed by atoms with van der Waals surface area (Å²) in [6, 6.07) is 8.74. The monoisotopic (exact) mass is 387 g/mol. The molecule has 4 amide bonds. The van der Waals surface area contributed by atoms with E-state index in [-0.39, 0.29) is 17.9 Å². The Bertz CT molecular complexity index is 773. The highest BCUT2D eigenvalue weighted by atomic mass is 16.5. The molecule has 1 aliphatic heterocycles. The number of hydrogen-bond acceptors (Lipinski definition) is 5. The topological polar surface area (TPSA) is 96.0 Å². The van der Waals surface area contributed by atoms with Crippen LogP contribution in [-0.4, -0.2) is 59.4 Å². The third kappa shape index (κ3) is 3.85. The van der Waals surface area contributed by atoms with Gasteiger partial charge >= 0.3 is 12.0 Å². The first-order valence-electron chi connectivity index (χ1n) is 9.44. The Labute approximate surface area is 163 Å². The second kappa shape index (κ2) is 8.00. The van der Waals surface area contributed by atoms with Crippen LogP contribution in [0.1, 0.15) is 44.2 Å². The van der Waals surface area contributed by atoms with Crippen molar-refractivity contribution in [3.05, 3.63) is 35.9 Å². The maximum atomic E-state index is 12.5. The number of rotatable bonds is 6. The smallest absolute Gasteiger partial charge is 0.326 e. The Hall–Kier alpha value is -2.90. The van der Waals surface area contributed by atoms with Crippen LogP contribution in [0.3, 0.4) is 0 Å². The van der Waals surface area contributed by atoms with Gasteiger partial charge < -0.3 is 15.0 Å². The zero-order valence-electron chi connectivity index (χ0n) is 16.1. The zero-order chi connectivity index (χ0) is 20.3. The van der Waals surface area contributed by atoms with Crippen molar-refractivity contribution < 1.29 is 23.9 Å². The highest BCUT2D eigenvalue weighted by Crippen LogP contribution is 2.34. The summed E-state index contributed by atoms with van der Waals surface area (Å²) in [4.78, 5) is 51.4. The molecule has 2 aliphatic rings. The van der Waals surface area contributed by atoms with Crippen LogP contribution in [0.2, 0.25) is 0 Å². The van der Waals surface area contributed by atoms with E-state index in [9.17, 15) is 19.2 Å². The number of imide groups is 1. The van der Waals surface area contributed by atoms with Gasteiger partial charge in [-0.1, -0.05) is 43.2 Å². The highest BCUT2D eigenvalue weighted by molar-refractivity contribution is 6.08. The molecule has 0 radical (unpaired) electrons. The fourth-order valence-corrected chi connectivity index (χ4v) is 3.73. The van der Waals surface area contributed by atoms with Gasteiger partial charge in [0.05, 0.1) is 6.04 Å². The molecule has 0 bridgehead atoms. The van der Waals surface area contributed by atoms with Gasteiger partial charge in [0.1, 0.15) is 12.1 Å². The van der Waals surface area contributed by atoms with Crippen LogP contribution in [0, 0.1) is 0 Å². The van der Waals surface area contributed by atoms with E-state index in [1.807, 2.05) is 37.3 Å². The first kappa shape index (κ1) is 19.9. The van der Waals surface area contributed by atoms with Crippen molar-refractivity contribution in [2.75, 3.05) is 20.2 Å². The number of benzene rings is 1. The van der Waals surface area contributed by atoms with Gasteiger partial charge in [0.25, 0.3) is 11.8 Å². The van der Waals surface area contributed by atoms with E-state index >= 15 is 0 Å². The molecule has 150 valence electrons. The largest absolute Gasteiger partial charge is 0.454 e. The van der Waals surface area contributed by atoms with Crippen molar-refractivity contribution in [1.29, 1.82) is 0 Å². The maximum absolute atomic E-state index is 12.5. The lowest BCUT2D eigenvalue weighted by atomic mass is 9.98. The number of carbonyl (C=O) groups is 4. The van der Waals surface area contributed by atoms with Crippen LogP contribution in [0.25, 0.3) is 0 Å². The number of nitrogens with zero attached hydrogens (tertiary/aromatic N) is 2. The number of amides is 4. The van der Waals surface area contributed by atoms with Crippen LogP contribution < -0.4 is 5.32 Å². The minimum absolute atomic E-state index is 0.180. The molecule has 1 saturated heterocycles. The number of esters is 1. The Morgan fingerprint density at radius 2 is 1.86 bits per heavy atom. The Morgan fingerprint density at radius 1 is 1.21 bits per heavy atom. The maximum Gasteiger partial charge on any atom is 0.326 e. The molecule has 3 rings (SSSR count). The number of ether oxygens (including phenoxy) is 1. The molecule has 1 spiro atoms.